The molecule has 0 unspecified atom stereocenters. The highest BCUT2D eigenvalue weighted by Gasteiger charge is 2.01. The van der Waals surface area contributed by atoms with Crippen LogP contribution in [0.2, 0.25) is 0 Å². The lowest BCUT2D eigenvalue weighted by Crippen LogP contribution is -2.29. The topological polar surface area (TPSA) is 41.1 Å². The van der Waals surface area contributed by atoms with Crippen molar-refractivity contribution >= 4 is 11.6 Å². The van der Waals surface area contributed by atoms with Crippen molar-refractivity contribution in [2.24, 2.45) is 0 Å². The van der Waals surface area contributed by atoms with Gasteiger partial charge in [-0.1, -0.05) is 42.0 Å². The number of aryl methyl sites for hydroxylation is 2. The largest absolute Gasteiger partial charge is 0.376 e. The molecule has 3 heteroatoms. The molecular weight excluding hydrogens is 248 g/mol. The van der Waals surface area contributed by atoms with E-state index in [0.29, 0.717) is 6.54 Å². The maximum absolute atomic E-state index is 11.8. The monoisotopic (exact) mass is 268 g/mol. The summed E-state index contributed by atoms with van der Waals surface area (Å²) >= 11 is 0. The van der Waals surface area contributed by atoms with Crippen LogP contribution in [0.1, 0.15) is 16.7 Å². The molecule has 2 N–H and O–H groups in total. The number of carbonyl (C=O) groups is 1. The molecule has 0 radical (unpaired) electrons. The number of carbonyl (C=O) groups excluding carboxylic acids is 1. The standard InChI is InChI=1S/C17H20N2O/c1-13-6-8-15(9-7-13)11-19-17(20)12-18-16-5-3-4-14(2)10-16/h3-10,18H,11-12H2,1-2H3,(H,19,20). The maximum Gasteiger partial charge on any atom is 0.239 e. The minimum absolute atomic E-state index is 0.00733. The van der Waals surface area contributed by atoms with E-state index in [1.54, 1.807) is 0 Å². The summed E-state index contributed by atoms with van der Waals surface area (Å²) in [5.74, 6) is -0.00733. The second-order valence-corrected chi connectivity index (χ2v) is 4.99. The maximum atomic E-state index is 11.8. The molecule has 0 fully saturated rings. The fourth-order valence-electron chi connectivity index (χ4n) is 1.91. The lowest BCUT2D eigenvalue weighted by molar-refractivity contribution is -0.119. The third-order valence-electron chi connectivity index (χ3n) is 3.08. The molecular formula is C17H20N2O. The third kappa shape index (κ3) is 4.43. The van der Waals surface area contributed by atoms with Crippen LogP contribution in [0.15, 0.2) is 48.5 Å². The highest BCUT2D eigenvalue weighted by atomic mass is 16.1. The quantitative estimate of drug-likeness (QED) is 0.875. The summed E-state index contributed by atoms with van der Waals surface area (Å²) in [6.45, 7) is 4.93. The normalized spacial score (nSPS) is 10.1. The van der Waals surface area contributed by atoms with Crippen LogP contribution < -0.4 is 10.6 Å². The fraction of sp³-hybridized carbons (Fsp3) is 0.235. The van der Waals surface area contributed by atoms with Gasteiger partial charge in [0.1, 0.15) is 0 Å². The molecule has 20 heavy (non-hydrogen) atoms. The molecule has 2 rings (SSSR count). The predicted octanol–water partition coefficient (Wildman–Crippen LogP) is 3.03. The Balaban J connectivity index is 1.77. The average molecular weight is 268 g/mol. The van der Waals surface area contributed by atoms with Gasteiger partial charge in [0, 0.05) is 12.2 Å². The Bertz CT molecular complexity index is 576. The van der Waals surface area contributed by atoms with Gasteiger partial charge in [-0.2, -0.15) is 0 Å². The van der Waals surface area contributed by atoms with E-state index in [4.69, 9.17) is 0 Å². The van der Waals surface area contributed by atoms with Crippen LogP contribution in [0.25, 0.3) is 0 Å². The fourth-order valence-corrected chi connectivity index (χ4v) is 1.91. The molecule has 0 saturated carbocycles. The Kier molecular flexibility index (Phi) is 4.77. The predicted molar refractivity (Wildman–Crippen MR) is 82.7 cm³/mol. The van der Waals surface area contributed by atoms with E-state index in [2.05, 4.69) is 10.6 Å². The Labute approximate surface area is 120 Å². The summed E-state index contributed by atoms with van der Waals surface area (Å²) in [7, 11) is 0. The summed E-state index contributed by atoms with van der Waals surface area (Å²) in [5, 5.41) is 6.02. The second kappa shape index (κ2) is 6.75. The molecule has 0 aromatic heterocycles. The van der Waals surface area contributed by atoms with Gasteiger partial charge < -0.3 is 10.6 Å². The number of nitrogens with one attached hydrogen (secondary N) is 2. The van der Waals surface area contributed by atoms with Crippen molar-refractivity contribution in [3.63, 3.8) is 0 Å². The molecule has 0 heterocycles. The zero-order chi connectivity index (χ0) is 14.4. The molecule has 3 nitrogen and oxygen atoms in total. The summed E-state index contributed by atoms with van der Waals surface area (Å²) < 4.78 is 0. The van der Waals surface area contributed by atoms with Crippen LogP contribution in [-0.4, -0.2) is 12.5 Å². The Morgan fingerprint density at radius 3 is 2.45 bits per heavy atom. The minimum atomic E-state index is -0.00733. The van der Waals surface area contributed by atoms with Gasteiger partial charge >= 0.3 is 0 Å². The first-order valence-corrected chi connectivity index (χ1v) is 6.76. The molecule has 2 aromatic carbocycles. The molecule has 0 aliphatic heterocycles. The van der Waals surface area contributed by atoms with Crippen molar-refractivity contribution in [1.82, 2.24) is 5.32 Å². The molecule has 0 aliphatic rings. The minimum Gasteiger partial charge on any atom is -0.376 e. The van der Waals surface area contributed by atoms with Gasteiger partial charge in [-0.05, 0) is 37.1 Å². The lowest BCUT2D eigenvalue weighted by Gasteiger charge is -2.08. The van der Waals surface area contributed by atoms with Crippen LogP contribution in [0.3, 0.4) is 0 Å². The highest BCUT2D eigenvalue weighted by Crippen LogP contribution is 2.08. The zero-order valence-corrected chi connectivity index (χ0v) is 11.9. The number of amides is 1. The van der Waals surface area contributed by atoms with Crippen LogP contribution in [0.5, 0.6) is 0 Å². The number of hydrogen-bond acceptors (Lipinski definition) is 2. The van der Waals surface area contributed by atoms with Gasteiger partial charge in [0.2, 0.25) is 5.91 Å². The summed E-state index contributed by atoms with van der Waals surface area (Å²) in [6, 6.07) is 16.1. The van der Waals surface area contributed by atoms with E-state index in [-0.39, 0.29) is 12.5 Å². The molecule has 1 amide bonds. The number of hydrogen-bond donors (Lipinski definition) is 2. The van der Waals surface area contributed by atoms with Gasteiger partial charge in [0.25, 0.3) is 0 Å². The first-order valence-electron chi connectivity index (χ1n) is 6.76. The van der Waals surface area contributed by atoms with Crippen molar-refractivity contribution in [1.29, 1.82) is 0 Å². The summed E-state index contributed by atoms with van der Waals surface area (Å²) in [5.41, 5.74) is 4.48. The Morgan fingerprint density at radius 1 is 1.00 bits per heavy atom. The van der Waals surface area contributed by atoms with Gasteiger partial charge in [0.05, 0.1) is 6.54 Å². The van der Waals surface area contributed by atoms with Crippen molar-refractivity contribution in [2.75, 3.05) is 11.9 Å². The molecule has 104 valence electrons. The lowest BCUT2D eigenvalue weighted by atomic mass is 10.1. The van der Waals surface area contributed by atoms with Crippen molar-refractivity contribution in [2.45, 2.75) is 20.4 Å². The first-order chi connectivity index (χ1) is 9.63. The van der Waals surface area contributed by atoms with E-state index in [9.17, 15) is 4.79 Å². The van der Waals surface area contributed by atoms with E-state index < -0.39 is 0 Å². The summed E-state index contributed by atoms with van der Waals surface area (Å²) in [6.07, 6.45) is 0. The van der Waals surface area contributed by atoms with Gasteiger partial charge in [-0.25, -0.2) is 0 Å². The smallest absolute Gasteiger partial charge is 0.239 e. The van der Waals surface area contributed by atoms with Crippen molar-refractivity contribution in [3.8, 4) is 0 Å². The second-order valence-electron chi connectivity index (χ2n) is 4.99. The summed E-state index contributed by atoms with van der Waals surface area (Å²) in [4.78, 5) is 11.8. The first kappa shape index (κ1) is 14.1. The van der Waals surface area contributed by atoms with Gasteiger partial charge in [0.15, 0.2) is 0 Å². The Hall–Kier alpha value is -2.29. The molecule has 0 atom stereocenters. The molecule has 0 bridgehead atoms. The number of rotatable bonds is 5. The zero-order valence-electron chi connectivity index (χ0n) is 11.9. The van der Waals surface area contributed by atoms with Crippen molar-refractivity contribution < 1.29 is 4.79 Å². The number of benzene rings is 2. The van der Waals surface area contributed by atoms with Gasteiger partial charge in [-0.15, -0.1) is 0 Å². The van der Waals surface area contributed by atoms with Crippen molar-refractivity contribution in [3.05, 3.63) is 65.2 Å². The average Bonchev–Trinajstić information content (AvgIpc) is 2.45. The van der Waals surface area contributed by atoms with E-state index in [0.717, 1.165) is 11.3 Å². The van der Waals surface area contributed by atoms with Crippen LogP contribution >= 0.6 is 0 Å². The van der Waals surface area contributed by atoms with Crippen LogP contribution in [0.4, 0.5) is 5.69 Å². The Morgan fingerprint density at radius 2 is 1.75 bits per heavy atom. The molecule has 0 saturated heterocycles. The van der Waals surface area contributed by atoms with E-state index in [1.165, 1.54) is 11.1 Å². The van der Waals surface area contributed by atoms with E-state index >= 15 is 0 Å². The third-order valence-corrected chi connectivity index (χ3v) is 3.08. The highest BCUT2D eigenvalue weighted by molar-refractivity contribution is 5.80. The SMILES string of the molecule is Cc1ccc(CNC(=O)CNc2cccc(C)c2)cc1. The molecule has 0 aliphatic carbocycles. The molecule has 2 aromatic rings. The van der Waals surface area contributed by atoms with Crippen LogP contribution in [0, 0.1) is 13.8 Å². The molecule has 0 spiro atoms. The number of anilines is 1. The van der Waals surface area contributed by atoms with Gasteiger partial charge in [-0.3, -0.25) is 4.79 Å². The van der Waals surface area contributed by atoms with E-state index in [1.807, 2.05) is 62.4 Å². The van der Waals surface area contributed by atoms with Crippen LogP contribution in [-0.2, 0) is 11.3 Å².